The number of hydrogen-bond donors (Lipinski definition) is 2. The molecule has 2 atom stereocenters. The quantitative estimate of drug-likeness (QED) is 0.386. The van der Waals surface area contributed by atoms with Gasteiger partial charge in [-0.1, -0.05) is 17.7 Å². The summed E-state index contributed by atoms with van der Waals surface area (Å²) in [5.74, 6) is -1.13. The fraction of sp³-hybridized carbons (Fsp3) is 0.379. The molecule has 43 heavy (non-hydrogen) atoms. The lowest BCUT2D eigenvalue weighted by Crippen LogP contribution is -2.55. The summed E-state index contributed by atoms with van der Waals surface area (Å²) >= 11 is 5.89. The van der Waals surface area contributed by atoms with Crippen molar-refractivity contribution in [2.75, 3.05) is 48.3 Å². The van der Waals surface area contributed by atoms with E-state index < -0.39 is 34.6 Å². The molecular weight excluding hydrogens is 590 g/mol. The van der Waals surface area contributed by atoms with Crippen LogP contribution >= 0.6 is 11.6 Å². The number of anilines is 3. The lowest BCUT2D eigenvalue weighted by atomic mass is 9.97. The zero-order chi connectivity index (χ0) is 31.1. The van der Waals surface area contributed by atoms with Crippen LogP contribution in [0.4, 0.5) is 34.9 Å². The van der Waals surface area contributed by atoms with Gasteiger partial charge in [0.1, 0.15) is 5.82 Å². The molecule has 0 aliphatic carbocycles. The van der Waals surface area contributed by atoms with Crippen molar-refractivity contribution in [1.29, 1.82) is 0 Å². The number of hydrogen-bond acceptors (Lipinski definition) is 7. The van der Waals surface area contributed by atoms with E-state index in [0.717, 1.165) is 6.20 Å². The van der Waals surface area contributed by atoms with E-state index in [9.17, 15) is 22.8 Å². The molecule has 2 aliphatic rings. The van der Waals surface area contributed by atoms with Gasteiger partial charge < -0.3 is 20.1 Å². The number of H-pyrrole nitrogens is 1. The zero-order valence-corrected chi connectivity index (χ0v) is 24.4. The summed E-state index contributed by atoms with van der Waals surface area (Å²) in [6, 6.07) is 3.32. The highest BCUT2D eigenvalue weighted by Gasteiger charge is 2.36. The van der Waals surface area contributed by atoms with Gasteiger partial charge in [0.25, 0.3) is 5.91 Å². The Kier molecular flexibility index (Phi) is 8.48. The molecule has 3 aromatic rings. The van der Waals surface area contributed by atoms with Gasteiger partial charge in [-0.05, 0) is 45.0 Å². The molecule has 0 saturated carbocycles. The first-order valence-corrected chi connectivity index (χ1v) is 14.0. The van der Waals surface area contributed by atoms with Gasteiger partial charge in [0.15, 0.2) is 0 Å². The number of carbonyl (C=O) groups excluding carboxylic acids is 1. The van der Waals surface area contributed by atoms with E-state index in [4.69, 9.17) is 11.6 Å². The standard InChI is InChI=1S/C29H30ClF4N7O2/c1-16-14-41(15-17(2)39(16)3)25-10-23(31)20(18-4-6-40(7-5-18)28-36-11-19(30)12-37-28)8-24(25)38-27(43)21-13-35-26(42)9-22(21)29(32,33)34/h4,8-13,16-17H,5-7,14-15H2,1-3H3,(H,35,42)(H,38,43)/t16-,17+. The average Bonchev–Trinajstić information content (AvgIpc) is 2.96. The molecule has 5 rings (SSSR count). The largest absolute Gasteiger partial charge is 0.417 e. The van der Waals surface area contributed by atoms with Crippen LogP contribution < -0.4 is 20.7 Å². The van der Waals surface area contributed by atoms with Crippen molar-refractivity contribution < 1.29 is 22.4 Å². The molecule has 2 aromatic heterocycles. The van der Waals surface area contributed by atoms with Gasteiger partial charge in [0.2, 0.25) is 11.5 Å². The van der Waals surface area contributed by atoms with Crippen molar-refractivity contribution in [3.05, 3.63) is 80.7 Å². The highest BCUT2D eigenvalue weighted by Crippen LogP contribution is 2.37. The Labute approximate surface area is 250 Å². The van der Waals surface area contributed by atoms with Gasteiger partial charge in [-0.25, -0.2) is 14.4 Å². The van der Waals surface area contributed by atoms with Crippen molar-refractivity contribution in [2.45, 2.75) is 38.5 Å². The number of piperazine rings is 1. The van der Waals surface area contributed by atoms with Gasteiger partial charge >= 0.3 is 6.18 Å². The lowest BCUT2D eigenvalue weighted by Gasteiger charge is -2.44. The summed E-state index contributed by atoms with van der Waals surface area (Å²) in [5, 5.41) is 3.00. The number of benzene rings is 1. The summed E-state index contributed by atoms with van der Waals surface area (Å²) < 4.78 is 57.0. The van der Waals surface area contributed by atoms with Crippen molar-refractivity contribution >= 4 is 40.4 Å². The number of aromatic amines is 1. The Morgan fingerprint density at radius 1 is 1.09 bits per heavy atom. The Balaban J connectivity index is 1.52. The molecule has 1 aromatic carbocycles. The van der Waals surface area contributed by atoms with Crippen LogP contribution in [-0.4, -0.2) is 71.1 Å². The van der Waals surface area contributed by atoms with Crippen molar-refractivity contribution in [3.8, 4) is 0 Å². The Bertz CT molecular complexity index is 1600. The first-order valence-electron chi connectivity index (χ1n) is 13.7. The molecular formula is C29H30ClF4N7O2. The number of likely N-dealkylation sites (N-methyl/N-ethyl adjacent to an activating group) is 1. The normalized spacial score (nSPS) is 19.8. The van der Waals surface area contributed by atoms with Crippen LogP contribution in [-0.2, 0) is 6.18 Å². The second-order valence-corrected chi connectivity index (χ2v) is 11.3. The first kappa shape index (κ1) is 30.5. The predicted molar refractivity (Wildman–Crippen MR) is 157 cm³/mol. The summed E-state index contributed by atoms with van der Waals surface area (Å²) in [6.45, 7) is 5.92. The fourth-order valence-electron chi connectivity index (χ4n) is 5.42. The average molecular weight is 620 g/mol. The third-order valence-corrected chi connectivity index (χ3v) is 8.15. The third-order valence-electron chi connectivity index (χ3n) is 7.95. The summed E-state index contributed by atoms with van der Waals surface area (Å²) in [7, 11) is 1.99. The third kappa shape index (κ3) is 6.52. The Hall–Kier alpha value is -3.97. The van der Waals surface area contributed by atoms with Crippen molar-refractivity contribution in [1.82, 2.24) is 19.9 Å². The van der Waals surface area contributed by atoms with E-state index in [0.29, 0.717) is 60.9 Å². The van der Waals surface area contributed by atoms with Crippen LogP contribution in [0, 0.1) is 5.82 Å². The molecule has 2 aliphatic heterocycles. The maximum Gasteiger partial charge on any atom is 0.417 e. The van der Waals surface area contributed by atoms with Crippen molar-refractivity contribution in [3.63, 3.8) is 0 Å². The smallest absolute Gasteiger partial charge is 0.367 e. The highest BCUT2D eigenvalue weighted by atomic mass is 35.5. The number of pyridine rings is 1. The van der Waals surface area contributed by atoms with Crippen LogP contribution in [0.1, 0.15) is 41.8 Å². The second-order valence-electron chi connectivity index (χ2n) is 10.8. The van der Waals surface area contributed by atoms with Gasteiger partial charge in [-0.2, -0.15) is 13.2 Å². The van der Waals surface area contributed by atoms with Crippen molar-refractivity contribution in [2.24, 2.45) is 0 Å². The number of aromatic nitrogens is 3. The number of rotatable bonds is 5. The van der Waals surface area contributed by atoms with E-state index in [-0.39, 0.29) is 23.3 Å². The monoisotopic (exact) mass is 619 g/mol. The van der Waals surface area contributed by atoms with Gasteiger partial charge in [-0.15, -0.1) is 0 Å². The van der Waals surface area contributed by atoms with E-state index in [1.165, 1.54) is 24.5 Å². The number of halogens is 5. The van der Waals surface area contributed by atoms with E-state index >= 15 is 4.39 Å². The topological polar surface area (TPSA) is 97.5 Å². The Morgan fingerprint density at radius 2 is 1.77 bits per heavy atom. The SMILES string of the molecule is C[C@@H]1CN(c2cc(F)c(C3=CCN(c4ncc(Cl)cn4)CC3)cc2NC(=O)c2c[nH]c(=O)cc2C(F)(F)F)C[C@H](C)N1C. The van der Waals surface area contributed by atoms with Crippen LogP contribution in [0.15, 0.2) is 47.7 Å². The van der Waals surface area contributed by atoms with Crippen LogP contribution in [0.25, 0.3) is 5.57 Å². The minimum Gasteiger partial charge on any atom is -0.367 e. The molecule has 14 heteroatoms. The van der Waals surface area contributed by atoms with E-state index in [1.807, 2.05) is 36.8 Å². The minimum atomic E-state index is -4.94. The van der Waals surface area contributed by atoms with Gasteiger partial charge in [0, 0.05) is 56.1 Å². The summed E-state index contributed by atoms with van der Waals surface area (Å²) in [4.78, 5) is 41.5. The molecule has 4 heterocycles. The Morgan fingerprint density at radius 3 is 2.37 bits per heavy atom. The first-order chi connectivity index (χ1) is 20.3. The molecule has 228 valence electrons. The maximum atomic E-state index is 15.8. The van der Waals surface area contributed by atoms with Gasteiger partial charge in [0.05, 0.1) is 39.9 Å². The van der Waals surface area contributed by atoms with E-state index in [1.54, 1.807) is 0 Å². The van der Waals surface area contributed by atoms with Gasteiger partial charge in [-0.3, -0.25) is 14.5 Å². The molecule has 1 fully saturated rings. The number of alkyl halides is 3. The van der Waals surface area contributed by atoms with E-state index in [2.05, 4.69) is 25.2 Å². The highest BCUT2D eigenvalue weighted by molar-refractivity contribution is 6.30. The molecule has 2 N–H and O–H groups in total. The summed E-state index contributed by atoms with van der Waals surface area (Å²) in [5.41, 5.74) is -1.69. The minimum absolute atomic E-state index is 0.0909. The molecule has 0 radical (unpaired) electrons. The van der Waals surface area contributed by atoms with Crippen LogP contribution in [0.2, 0.25) is 5.02 Å². The molecule has 9 nitrogen and oxygen atoms in total. The number of carbonyl (C=O) groups is 1. The maximum absolute atomic E-state index is 15.8. The molecule has 0 bridgehead atoms. The zero-order valence-electron chi connectivity index (χ0n) is 23.7. The number of nitrogens with zero attached hydrogens (tertiary/aromatic N) is 5. The summed E-state index contributed by atoms with van der Waals surface area (Å²) in [6.07, 6.45) is 1.03. The molecule has 1 amide bonds. The second kappa shape index (κ2) is 12.0. The molecule has 1 saturated heterocycles. The fourth-order valence-corrected chi connectivity index (χ4v) is 5.52. The lowest BCUT2D eigenvalue weighted by molar-refractivity contribution is -0.138. The van der Waals surface area contributed by atoms with Crippen LogP contribution in [0.5, 0.6) is 0 Å². The predicted octanol–water partition coefficient (Wildman–Crippen LogP) is 5.05. The van der Waals surface area contributed by atoms with Crippen LogP contribution in [0.3, 0.4) is 0 Å². The molecule has 0 spiro atoms. The number of amides is 1. The number of nitrogens with one attached hydrogen (secondary N) is 2. The molecule has 0 unspecified atom stereocenters.